The minimum atomic E-state index is -0.340. The van der Waals surface area contributed by atoms with Crippen LogP contribution in [0.4, 0.5) is 10.5 Å². The van der Waals surface area contributed by atoms with Gasteiger partial charge in [-0.25, -0.2) is 0 Å². The Morgan fingerprint density at radius 2 is 1.62 bits per heavy atom. The number of nitrogens with zero attached hydrogens (tertiary/aromatic N) is 1. The molecule has 1 heterocycles. The zero-order valence-electron chi connectivity index (χ0n) is 20.9. The highest BCUT2D eigenvalue weighted by Crippen LogP contribution is 2.32. The number of carbonyl (C=O) groups excluding carboxylic acids is 3. The van der Waals surface area contributed by atoms with E-state index in [1.807, 2.05) is 63.2 Å². The smallest absolute Gasteiger partial charge is 0.293 e. The van der Waals surface area contributed by atoms with E-state index in [1.54, 1.807) is 30.3 Å². The molecule has 8 heteroatoms. The molecule has 0 aliphatic carbocycles. The highest BCUT2D eigenvalue weighted by atomic mass is 32.2. The number of nitrogens with one attached hydrogen (secondary N) is 1. The van der Waals surface area contributed by atoms with Crippen LogP contribution in [0.15, 0.2) is 71.6 Å². The van der Waals surface area contributed by atoms with Crippen molar-refractivity contribution < 1.29 is 23.9 Å². The molecule has 0 spiro atoms. The molecule has 1 fully saturated rings. The van der Waals surface area contributed by atoms with E-state index < -0.39 is 0 Å². The first kappa shape index (κ1) is 26.0. The van der Waals surface area contributed by atoms with Crippen LogP contribution in [-0.4, -0.2) is 41.7 Å². The number of hydrogen-bond donors (Lipinski definition) is 1. The lowest BCUT2D eigenvalue weighted by atomic mass is 10.1. The van der Waals surface area contributed by atoms with Crippen molar-refractivity contribution in [2.75, 3.05) is 25.1 Å². The largest absolute Gasteiger partial charge is 0.491 e. The SMILES string of the molecule is Cc1ccc(NC(=O)COc2ccc(/C=C3\SC(=O)N(CCOc4cc(C)ccc4C)C3=O)cc2)cc1. The van der Waals surface area contributed by atoms with Crippen molar-refractivity contribution in [3.63, 3.8) is 0 Å². The molecule has 0 bridgehead atoms. The highest BCUT2D eigenvalue weighted by Gasteiger charge is 2.34. The Hall–Kier alpha value is -4.04. The van der Waals surface area contributed by atoms with Crippen molar-refractivity contribution in [2.24, 2.45) is 0 Å². The molecule has 0 radical (unpaired) electrons. The van der Waals surface area contributed by atoms with Gasteiger partial charge >= 0.3 is 0 Å². The van der Waals surface area contributed by atoms with Gasteiger partial charge in [-0.05, 0) is 85.6 Å². The van der Waals surface area contributed by atoms with Crippen LogP contribution < -0.4 is 14.8 Å². The maximum absolute atomic E-state index is 12.8. The molecule has 3 amide bonds. The summed E-state index contributed by atoms with van der Waals surface area (Å²) < 4.78 is 11.4. The fourth-order valence-electron chi connectivity index (χ4n) is 3.60. The molecule has 1 saturated heterocycles. The van der Waals surface area contributed by atoms with Crippen molar-refractivity contribution in [1.82, 2.24) is 4.90 Å². The number of thioether (sulfide) groups is 1. The Labute approximate surface area is 220 Å². The summed E-state index contributed by atoms with van der Waals surface area (Å²) in [5, 5.41) is 2.46. The van der Waals surface area contributed by atoms with Crippen LogP contribution in [-0.2, 0) is 9.59 Å². The first-order valence-electron chi connectivity index (χ1n) is 11.8. The maximum atomic E-state index is 12.8. The molecule has 3 aromatic rings. The van der Waals surface area contributed by atoms with Crippen molar-refractivity contribution in [3.8, 4) is 11.5 Å². The van der Waals surface area contributed by atoms with Gasteiger partial charge in [-0.2, -0.15) is 0 Å². The second-order valence-corrected chi connectivity index (χ2v) is 9.72. The van der Waals surface area contributed by atoms with Gasteiger partial charge in [-0.15, -0.1) is 0 Å². The summed E-state index contributed by atoms with van der Waals surface area (Å²) in [4.78, 5) is 38.9. The van der Waals surface area contributed by atoms with Crippen LogP contribution >= 0.6 is 11.8 Å². The lowest BCUT2D eigenvalue weighted by Crippen LogP contribution is -2.32. The van der Waals surface area contributed by atoms with Gasteiger partial charge in [-0.3, -0.25) is 19.3 Å². The molecular weight excluding hydrogens is 488 g/mol. The summed E-state index contributed by atoms with van der Waals surface area (Å²) in [6.07, 6.45) is 1.67. The molecule has 37 heavy (non-hydrogen) atoms. The van der Waals surface area contributed by atoms with E-state index in [-0.39, 0.29) is 36.8 Å². The Morgan fingerprint density at radius 1 is 0.919 bits per heavy atom. The molecule has 0 saturated carbocycles. The minimum absolute atomic E-state index is 0.129. The summed E-state index contributed by atoms with van der Waals surface area (Å²) in [5.74, 6) is 0.668. The Kier molecular flexibility index (Phi) is 8.30. The van der Waals surface area contributed by atoms with Crippen LogP contribution in [0.5, 0.6) is 11.5 Å². The van der Waals surface area contributed by atoms with Crippen molar-refractivity contribution in [3.05, 3.63) is 93.9 Å². The Balaban J connectivity index is 1.28. The topological polar surface area (TPSA) is 84.9 Å². The average molecular weight is 517 g/mol. The molecule has 0 unspecified atom stereocenters. The third-order valence-corrected chi connectivity index (χ3v) is 6.58. The monoisotopic (exact) mass is 516 g/mol. The number of amides is 3. The molecule has 1 aliphatic heterocycles. The average Bonchev–Trinajstić information content (AvgIpc) is 3.14. The fourth-order valence-corrected chi connectivity index (χ4v) is 4.46. The minimum Gasteiger partial charge on any atom is -0.491 e. The number of rotatable bonds is 9. The number of imide groups is 1. The van der Waals surface area contributed by atoms with Crippen LogP contribution in [0.2, 0.25) is 0 Å². The lowest BCUT2D eigenvalue weighted by Gasteiger charge is -2.14. The molecule has 0 aromatic heterocycles. The zero-order chi connectivity index (χ0) is 26.4. The van der Waals surface area contributed by atoms with Crippen LogP contribution in [0, 0.1) is 20.8 Å². The van der Waals surface area contributed by atoms with E-state index in [4.69, 9.17) is 9.47 Å². The predicted molar refractivity (Wildman–Crippen MR) is 146 cm³/mol. The van der Waals surface area contributed by atoms with E-state index in [0.717, 1.165) is 39.8 Å². The van der Waals surface area contributed by atoms with E-state index in [9.17, 15) is 14.4 Å². The summed E-state index contributed by atoms with van der Waals surface area (Å²) in [7, 11) is 0. The molecule has 1 aliphatic rings. The molecule has 4 rings (SSSR count). The molecule has 1 N–H and O–H groups in total. The number of carbonyl (C=O) groups is 3. The highest BCUT2D eigenvalue weighted by molar-refractivity contribution is 8.18. The van der Waals surface area contributed by atoms with Crippen LogP contribution in [0.25, 0.3) is 6.08 Å². The van der Waals surface area contributed by atoms with Gasteiger partial charge in [-0.1, -0.05) is 42.0 Å². The van der Waals surface area contributed by atoms with Gasteiger partial charge in [0.05, 0.1) is 11.4 Å². The quantitative estimate of drug-likeness (QED) is 0.365. The van der Waals surface area contributed by atoms with Gasteiger partial charge in [0.15, 0.2) is 6.61 Å². The summed E-state index contributed by atoms with van der Waals surface area (Å²) >= 11 is 0.907. The molecule has 190 valence electrons. The molecular formula is C29H28N2O5S. The predicted octanol–water partition coefficient (Wildman–Crippen LogP) is 5.74. The zero-order valence-corrected chi connectivity index (χ0v) is 21.8. The number of benzene rings is 3. The van der Waals surface area contributed by atoms with E-state index in [0.29, 0.717) is 16.3 Å². The van der Waals surface area contributed by atoms with Gasteiger partial charge in [0.1, 0.15) is 18.1 Å². The normalized spacial score (nSPS) is 14.2. The number of aryl methyl sites for hydroxylation is 3. The summed E-state index contributed by atoms with van der Waals surface area (Å²) in [6.45, 7) is 6.18. The molecule has 7 nitrogen and oxygen atoms in total. The lowest BCUT2D eigenvalue weighted by molar-refractivity contribution is -0.123. The first-order valence-corrected chi connectivity index (χ1v) is 12.6. The van der Waals surface area contributed by atoms with Crippen molar-refractivity contribution in [1.29, 1.82) is 0 Å². The van der Waals surface area contributed by atoms with E-state index >= 15 is 0 Å². The second kappa shape index (κ2) is 11.8. The number of ether oxygens (including phenoxy) is 2. The first-order chi connectivity index (χ1) is 17.8. The van der Waals surface area contributed by atoms with Crippen LogP contribution in [0.1, 0.15) is 22.3 Å². The van der Waals surface area contributed by atoms with Gasteiger partial charge < -0.3 is 14.8 Å². The fraction of sp³-hybridized carbons (Fsp3) is 0.207. The van der Waals surface area contributed by atoms with Crippen LogP contribution in [0.3, 0.4) is 0 Å². The van der Waals surface area contributed by atoms with Crippen molar-refractivity contribution >= 4 is 40.6 Å². The number of hydrogen-bond acceptors (Lipinski definition) is 6. The second-order valence-electron chi connectivity index (χ2n) is 8.72. The number of anilines is 1. The molecule has 0 atom stereocenters. The summed E-state index contributed by atoms with van der Waals surface area (Å²) in [6, 6.07) is 20.4. The van der Waals surface area contributed by atoms with Gasteiger partial charge in [0, 0.05) is 5.69 Å². The van der Waals surface area contributed by atoms with Gasteiger partial charge in [0.2, 0.25) is 0 Å². The Morgan fingerprint density at radius 3 is 2.35 bits per heavy atom. The van der Waals surface area contributed by atoms with E-state index in [2.05, 4.69) is 5.32 Å². The Bertz CT molecular complexity index is 1330. The van der Waals surface area contributed by atoms with Gasteiger partial charge in [0.25, 0.3) is 17.1 Å². The van der Waals surface area contributed by atoms with E-state index in [1.165, 1.54) is 4.90 Å². The summed E-state index contributed by atoms with van der Waals surface area (Å²) in [5.41, 5.74) is 4.64. The maximum Gasteiger partial charge on any atom is 0.293 e. The standard InChI is InChI=1S/C29H28N2O5S/c1-19-5-10-23(11-6-19)30-27(32)18-36-24-12-8-22(9-13-24)17-26-28(33)31(29(34)37-26)14-15-35-25-16-20(2)4-7-21(25)3/h4-13,16-17H,14-15,18H2,1-3H3,(H,30,32)/b26-17-. The third-order valence-electron chi connectivity index (χ3n) is 5.67. The van der Waals surface area contributed by atoms with Crippen molar-refractivity contribution in [2.45, 2.75) is 20.8 Å². The third kappa shape index (κ3) is 7.01. The molecule has 3 aromatic carbocycles.